The van der Waals surface area contributed by atoms with E-state index in [-0.39, 0.29) is 33.7 Å². The van der Waals surface area contributed by atoms with Gasteiger partial charge >= 0.3 is 0 Å². The molecule has 0 radical (unpaired) electrons. The van der Waals surface area contributed by atoms with E-state index in [2.05, 4.69) is 22.5 Å². The predicted octanol–water partition coefficient (Wildman–Crippen LogP) is 3.43. The first-order chi connectivity index (χ1) is 12.6. The van der Waals surface area contributed by atoms with Crippen LogP contribution in [0.2, 0.25) is 5.02 Å². The predicted molar refractivity (Wildman–Crippen MR) is 104 cm³/mol. The van der Waals surface area contributed by atoms with Gasteiger partial charge in [0, 0.05) is 35.3 Å². The van der Waals surface area contributed by atoms with Crippen LogP contribution in [0, 0.1) is 17.2 Å². The van der Waals surface area contributed by atoms with E-state index in [0.717, 1.165) is 32.4 Å². The second-order valence-electron chi connectivity index (χ2n) is 8.68. The summed E-state index contributed by atoms with van der Waals surface area (Å²) in [6.45, 7) is 8.19. The van der Waals surface area contributed by atoms with E-state index >= 15 is 0 Å². The maximum Gasteiger partial charge on any atom is 0.234 e. The van der Waals surface area contributed by atoms with Crippen LogP contribution in [0.1, 0.15) is 40.0 Å². The fourth-order valence-electron chi connectivity index (χ4n) is 4.02. The smallest absolute Gasteiger partial charge is 0.234 e. The lowest BCUT2D eigenvalue weighted by molar-refractivity contribution is -0.144. The van der Waals surface area contributed by atoms with Gasteiger partial charge in [-0.1, -0.05) is 18.5 Å². The maximum atomic E-state index is 13.4. The molecule has 1 saturated carbocycles. The van der Waals surface area contributed by atoms with E-state index < -0.39 is 5.82 Å². The molecule has 2 N–H and O–H groups in total. The number of nitrogens with one attached hydrogen (secondary N) is 2. The Morgan fingerprint density at radius 2 is 1.96 bits per heavy atom. The first-order valence-electron chi connectivity index (χ1n) is 9.40. The zero-order valence-corrected chi connectivity index (χ0v) is 16.8. The third-order valence-corrected chi connectivity index (χ3v) is 5.92. The molecule has 27 heavy (non-hydrogen) atoms. The van der Waals surface area contributed by atoms with E-state index in [1.54, 1.807) is 6.07 Å². The molecule has 0 atom stereocenters. The van der Waals surface area contributed by atoms with Crippen molar-refractivity contribution >= 4 is 29.1 Å². The molecule has 0 bridgehead atoms. The van der Waals surface area contributed by atoms with Crippen molar-refractivity contribution in [1.82, 2.24) is 10.2 Å². The molecule has 2 amide bonds. The van der Waals surface area contributed by atoms with Crippen LogP contribution in [0.4, 0.5) is 10.1 Å². The second kappa shape index (κ2) is 7.40. The summed E-state index contributed by atoms with van der Waals surface area (Å²) in [7, 11) is 0. The maximum absolute atomic E-state index is 13.4. The van der Waals surface area contributed by atoms with E-state index in [1.807, 2.05) is 13.8 Å². The zero-order valence-electron chi connectivity index (χ0n) is 16.1. The Labute approximate surface area is 164 Å². The largest absolute Gasteiger partial charge is 0.350 e. The Hall–Kier alpha value is -1.66. The molecule has 1 aromatic rings. The van der Waals surface area contributed by atoms with Crippen LogP contribution in [0.15, 0.2) is 18.2 Å². The van der Waals surface area contributed by atoms with Gasteiger partial charge in [-0.15, -0.1) is 0 Å². The highest BCUT2D eigenvalue weighted by atomic mass is 35.5. The monoisotopic (exact) mass is 395 g/mol. The summed E-state index contributed by atoms with van der Waals surface area (Å²) in [6, 6.07) is 4.01. The minimum atomic E-state index is -0.470. The standard InChI is InChI=1S/C20H27ClFN3O2/c1-4-19(2,3)24-17(26)10-25-11-20(12-25)8-13(9-20)18(27)23-16-6-14(21)5-15(22)7-16/h5-7,13H,4,8-12H2,1-3H3,(H,23,27)(H,24,26). The Balaban J connectivity index is 1.41. The van der Waals surface area contributed by atoms with Crippen molar-refractivity contribution in [2.75, 3.05) is 25.0 Å². The van der Waals surface area contributed by atoms with Crippen molar-refractivity contribution in [3.8, 4) is 0 Å². The number of hydrogen-bond donors (Lipinski definition) is 2. The molecular weight excluding hydrogens is 369 g/mol. The van der Waals surface area contributed by atoms with Gasteiger partial charge in [0.05, 0.1) is 6.54 Å². The van der Waals surface area contributed by atoms with Gasteiger partial charge in [-0.05, 0) is 56.7 Å². The van der Waals surface area contributed by atoms with Gasteiger partial charge in [0.25, 0.3) is 0 Å². The highest BCUT2D eigenvalue weighted by Crippen LogP contribution is 2.52. The fraction of sp³-hybridized carbons (Fsp3) is 0.600. The number of carbonyl (C=O) groups is 2. The normalized spacial score (nSPS) is 19.3. The third-order valence-electron chi connectivity index (χ3n) is 5.71. The number of rotatable bonds is 6. The van der Waals surface area contributed by atoms with Crippen LogP contribution in [0.25, 0.3) is 0 Å². The van der Waals surface area contributed by atoms with Crippen molar-refractivity contribution < 1.29 is 14.0 Å². The van der Waals surface area contributed by atoms with Crippen LogP contribution in [0.3, 0.4) is 0 Å². The van der Waals surface area contributed by atoms with Gasteiger partial charge in [0.15, 0.2) is 0 Å². The van der Waals surface area contributed by atoms with Crippen LogP contribution in [-0.4, -0.2) is 41.9 Å². The van der Waals surface area contributed by atoms with Crippen LogP contribution in [-0.2, 0) is 9.59 Å². The zero-order chi connectivity index (χ0) is 19.8. The molecule has 1 spiro atoms. The molecule has 2 fully saturated rings. The Morgan fingerprint density at radius 1 is 1.30 bits per heavy atom. The summed E-state index contributed by atoms with van der Waals surface area (Å²) >= 11 is 5.82. The van der Waals surface area contributed by atoms with Crippen LogP contribution >= 0.6 is 11.6 Å². The molecule has 0 aromatic heterocycles. The van der Waals surface area contributed by atoms with Crippen LogP contribution < -0.4 is 10.6 Å². The number of anilines is 1. The number of likely N-dealkylation sites (tertiary alicyclic amines) is 1. The summed E-state index contributed by atoms with van der Waals surface area (Å²) in [5.74, 6) is -0.583. The number of nitrogens with zero attached hydrogens (tertiary/aromatic N) is 1. The average molecular weight is 396 g/mol. The molecular formula is C20H27ClFN3O2. The van der Waals surface area contributed by atoms with Gasteiger partial charge in [-0.25, -0.2) is 4.39 Å². The molecule has 2 aliphatic rings. The lowest BCUT2D eigenvalue weighted by atomic mass is 9.57. The van der Waals surface area contributed by atoms with Crippen molar-refractivity contribution in [2.45, 2.75) is 45.6 Å². The topological polar surface area (TPSA) is 61.4 Å². The number of amides is 2. The van der Waals surface area contributed by atoms with E-state index in [4.69, 9.17) is 11.6 Å². The van der Waals surface area contributed by atoms with Gasteiger partial charge in [0.1, 0.15) is 5.82 Å². The number of carbonyl (C=O) groups excluding carboxylic acids is 2. The minimum Gasteiger partial charge on any atom is -0.350 e. The lowest BCUT2D eigenvalue weighted by Crippen LogP contribution is -2.65. The quantitative estimate of drug-likeness (QED) is 0.775. The Morgan fingerprint density at radius 3 is 2.56 bits per heavy atom. The molecule has 148 valence electrons. The molecule has 1 heterocycles. The Kier molecular flexibility index (Phi) is 5.50. The van der Waals surface area contributed by atoms with Crippen molar-refractivity contribution in [1.29, 1.82) is 0 Å². The second-order valence-corrected chi connectivity index (χ2v) is 9.12. The van der Waals surface area contributed by atoms with Crippen LogP contribution in [0.5, 0.6) is 0 Å². The summed E-state index contributed by atoms with van der Waals surface area (Å²) in [5.41, 5.74) is 0.359. The molecule has 7 heteroatoms. The SMILES string of the molecule is CCC(C)(C)NC(=O)CN1CC2(CC(C(=O)Nc3cc(F)cc(Cl)c3)C2)C1. The number of benzene rings is 1. The summed E-state index contributed by atoms with van der Waals surface area (Å²) in [5, 5.41) is 6.05. The Bertz CT molecular complexity index is 718. The van der Waals surface area contributed by atoms with Gasteiger partial charge < -0.3 is 10.6 Å². The third kappa shape index (κ3) is 4.79. The molecule has 1 aliphatic heterocycles. The average Bonchev–Trinajstić information content (AvgIpc) is 2.46. The molecule has 0 unspecified atom stereocenters. The highest BCUT2D eigenvalue weighted by Gasteiger charge is 2.54. The van der Waals surface area contributed by atoms with Gasteiger partial charge in [-0.3, -0.25) is 14.5 Å². The summed E-state index contributed by atoms with van der Waals surface area (Å²) in [6.07, 6.45) is 2.50. The summed E-state index contributed by atoms with van der Waals surface area (Å²) < 4.78 is 13.4. The fourth-order valence-corrected chi connectivity index (χ4v) is 4.24. The van der Waals surface area contributed by atoms with Gasteiger partial charge in [-0.2, -0.15) is 0 Å². The van der Waals surface area contributed by atoms with Crippen molar-refractivity contribution in [2.24, 2.45) is 11.3 Å². The van der Waals surface area contributed by atoms with Crippen molar-refractivity contribution in [3.05, 3.63) is 29.0 Å². The lowest BCUT2D eigenvalue weighted by Gasteiger charge is -2.58. The molecule has 5 nitrogen and oxygen atoms in total. The highest BCUT2D eigenvalue weighted by molar-refractivity contribution is 6.30. The molecule has 1 aliphatic carbocycles. The van der Waals surface area contributed by atoms with Gasteiger partial charge in [0.2, 0.25) is 11.8 Å². The first-order valence-corrected chi connectivity index (χ1v) is 9.78. The van der Waals surface area contributed by atoms with Crippen molar-refractivity contribution in [3.63, 3.8) is 0 Å². The molecule has 3 rings (SSSR count). The molecule has 1 saturated heterocycles. The first kappa shape index (κ1) is 20.1. The summed E-state index contributed by atoms with van der Waals surface area (Å²) in [4.78, 5) is 26.6. The molecule has 1 aromatic carbocycles. The van der Waals surface area contributed by atoms with E-state index in [0.29, 0.717) is 12.2 Å². The van der Waals surface area contributed by atoms with E-state index in [1.165, 1.54) is 12.1 Å². The number of hydrogen-bond acceptors (Lipinski definition) is 3. The van der Waals surface area contributed by atoms with E-state index in [9.17, 15) is 14.0 Å². The number of halogens is 2. The minimum absolute atomic E-state index is 0.0494.